The number of hydrogen-bond acceptors (Lipinski definition) is 3. The summed E-state index contributed by atoms with van der Waals surface area (Å²) < 4.78 is 5.32. The van der Waals surface area contributed by atoms with E-state index in [4.69, 9.17) is 10.5 Å². The Morgan fingerprint density at radius 2 is 2.06 bits per heavy atom. The van der Waals surface area contributed by atoms with Crippen LogP contribution in [0.5, 0.6) is 0 Å². The van der Waals surface area contributed by atoms with Gasteiger partial charge in [-0.25, -0.2) is 0 Å². The Morgan fingerprint density at radius 1 is 1.28 bits per heavy atom. The average Bonchev–Trinajstić information content (AvgIpc) is 2.46. The van der Waals surface area contributed by atoms with Gasteiger partial charge in [0.1, 0.15) is 0 Å². The smallest absolute Gasteiger partial charge is 0.191 e. The fourth-order valence-electron chi connectivity index (χ4n) is 2.77. The van der Waals surface area contributed by atoms with E-state index >= 15 is 0 Å². The molecule has 0 aromatic heterocycles. The Balaban J connectivity index is 1.83. The lowest BCUT2D eigenvalue weighted by molar-refractivity contribution is 0.0672. The minimum Gasteiger partial charge on any atom is -0.378 e. The van der Waals surface area contributed by atoms with E-state index in [0.717, 1.165) is 39.4 Å². The van der Waals surface area contributed by atoms with Gasteiger partial charge in [-0.3, -0.25) is 9.89 Å². The number of ether oxygens (including phenoxy) is 1. The van der Waals surface area contributed by atoms with Crippen molar-refractivity contribution in [3.05, 3.63) is 0 Å². The van der Waals surface area contributed by atoms with Crippen molar-refractivity contribution in [2.24, 2.45) is 10.7 Å². The van der Waals surface area contributed by atoms with Crippen LogP contribution in [0, 0.1) is 0 Å². The molecule has 1 atom stereocenters. The molecule has 2 aliphatic rings. The van der Waals surface area contributed by atoms with Gasteiger partial charge in [0.2, 0.25) is 0 Å². The number of nitrogens with two attached hydrogens (primary N) is 1. The molecular weight excluding hydrogens is 228 g/mol. The zero-order valence-corrected chi connectivity index (χ0v) is 11.5. The summed E-state index contributed by atoms with van der Waals surface area (Å²) in [5, 5.41) is 0. The second-order valence-electron chi connectivity index (χ2n) is 5.08. The predicted octanol–water partition coefficient (Wildman–Crippen LogP) is 0.508. The molecular formula is C13H26N4O. The summed E-state index contributed by atoms with van der Waals surface area (Å²) in [5.74, 6) is 0.694. The van der Waals surface area contributed by atoms with Gasteiger partial charge in [0, 0.05) is 19.1 Å². The summed E-state index contributed by atoms with van der Waals surface area (Å²) in [6.45, 7) is 8.69. The number of likely N-dealkylation sites (N-methyl/N-ethyl adjacent to an activating group) is 1. The van der Waals surface area contributed by atoms with E-state index in [0.29, 0.717) is 12.0 Å². The maximum absolute atomic E-state index is 6.05. The highest BCUT2D eigenvalue weighted by Gasteiger charge is 2.21. The first-order chi connectivity index (χ1) is 8.81. The van der Waals surface area contributed by atoms with Gasteiger partial charge < -0.3 is 15.4 Å². The zero-order valence-electron chi connectivity index (χ0n) is 11.5. The van der Waals surface area contributed by atoms with Crippen LogP contribution >= 0.6 is 0 Å². The van der Waals surface area contributed by atoms with E-state index in [-0.39, 0.29) is 0 Å². The van der Waals surface area contributed by atoms with Crippen LogP contribution in [-0.4, -0.2) is 67.7 Å². The molecule has 104 valence electrons. The lowest BCUT2D eigenvalue weighted by Crippen LogP contribution is -2.46. The molecule has 0 radical (unpaired) electrons. The molecule has 2 saturated heterocycles. The Hall–Kier alpha value is -0.810. The molecule has 5 nitrogen and oxygen atoms in total. The number of aliphatic imine (C=N–C) groups is 1. The van der Waals surface area contributed by atoms with Crippen molar-refractivity contribution < 1.29 is 4.74 Å². The van der Waals surface area contributed by atoms with Crippen molar-refractivity contribution in [1.82, 2.24) is 9.80 Å². The van der Waals surface area contributed by atoms with E-state index in [1.807, 2.05) is 0 Å². The predicted molar refractivity (Wildman–Crippen MR) is 73.8 cm³/mol. The molecule has 2 heterocycles. The molecule has 18 heavy (non-hydrogen) atoms. The van der Waals surface area contributed by atoms with Crippen molar-refractivity contribution in [1.29, 1.82) is 0 Å². The minimum absolute atomic E-state index is 0.586. The fourth-order valence-corrected chi connectivity index (χ4v) is 2.77. The Labute approximate surface area is 110 Å². The highest BCUT2D eigenvalue weighted by molar-refractivity contribution is 5.78. The average molecular weight is 254 g/mol. The fraction of sp³-hybridized carbons (Fsp3) is 0.923. The maximum atomic E-state index is 6.05. The van der Waals surface area contributed by atoms with Crippen LogP contribution in [0.15, 0.2) is 4.99 Å². The van der Waals surface area contributed by atoms with Gasteiger partial charge >= 0.3 is 0 Å². The van der Waals surface area contributed by atoms with Crippen LogP contribution < -0.4 is 5.73 Å². The van der Waals surface area contributed by atoms with E-state index in [9.17, 15) is 0 Å². The first kappa shape index (κ1) is 13.6. The van der Waals surface area contributed by atoms with Gasteiger partial charge in [0.25, 0.3) is 0 Å². The van der Waals surface area contributed by atoms with E-state index < -0.39 is 0 Å². The molecule has 0 bridgehead atoms. The van der Waals surface area contributed by atoms with Gasteiger partial charge in [-0.05, 0) is 25.9 Å². The highest BCUT2D eigenvalue weighted by atomic mass is 16.5. The molecule has 2 N–H and O–H groups in total. The van der Waals surface area contributed by atoms with Gasteiger partial charge in [-0.1, -0.05) is 13.3 Å². The number of guanidine groups is 1. The van der Waals surface area contributed by atoms with E-state index in [1.165, 1.54) is 25.8 Å². The van der Waals surface area contributed by atoms with Gasteiger partial charge in [0.05, 0.1) is 19.8 Å². The van der Waals surface area contributed by atoms with Crippen LogP contribution in [-0.2, 0) is 4.74 Å². The number of morpholine rings is 1. The minimum atomic E-state index is 0.586. The standard InChI is InChI=1S/C13H26N4O/c1-2-16-6-4-3-5-12(16)11-15-13(14)17-7-9-18-10-8-17/h12H,2-11H2,1H3,(H2,14,15). The normalized spacial score (nSPS) is 27.5. The highest BCUT2D eigenvalue weighted by Crippen LogP contribution is 2.16. The molecule has 0 saturated carbocycles. The summed E-state index contributed by atoms with van der Waals surface area (Å²) >= 11 is 0. The summed E-state index contributed by atoms with van der Waals surface area (Å²) in [4.78, 5) is 9.25. The number of nitrogens with zero attached hydrogens (tertiary/aromatic N) is 3. The van der Waals surface area contributed by atoms with Gasteiger partial charge in [0.15, 0.2) is 5.96 Å². The molecule has 0 aromatic carbocycles. The van der Waals surface area contributed by atoms with Crippen LogP contribution in [0.1, 0.15) is 26.2 Å². The number of piperidine rings is 1. The third kappa shape index (κ3) is 3.59. The molecule has 0 aromatic rings. The summed E-state index contributed by atoms with van der Waals surface area (Å²) in [7, 11) is 0. The zero-order chi connectivity index (χ0) is 12.8. The molecule has 2 aliphatic heterocycles. The lowest BCUT2D eigenvalue weighted by atomic mass is 10.0. The Kier molecular flexibility index (Phi) is 5.26. The summed E-state index contributed by atoms with van der Waals surface area (Å²) in [6, 6.07) is 0.586. The second kappa shape index (κ2) is 6.95. The summed E-state index contributed by atoms with van der Waals surface area (Å²) in [5.41, 5.74) is 6.05. The van der Waals surface area contributed by atoms with Crippen LogP contribution in [0.4, 0.5) is 0 Å². The molecule has 2 rings (SSSR count). The maximum Gasteiger partial charge on any atom is 0.191 e. The van der Waals surface area contributed by atoms with Crippen LogP contribution in [0.3, 0.4) is 0 Å². The lowest BCUT2D eigenvalue weighted by Gasteiger charge is -2.34. The Morgan fingerprint density at radius 3 is 2.78 bits per heavy atom. The Bertz CT molecular complexity index is 276. The van der Waals surface area contributed by atoms with E-state index in [2.05, 4.69) is 21.7 Å². The van der Waals surface area contributed by atoms with Crippen LogP contribution in [0.25, 0.3) is 0 Å². The molecule has 2 fully saturated rings. The van der Waals surface area contributed by atoms with E-state index in [1.54, 1.807) is 0 Å². The van der Waals surface area contributed by atoms with Gasteiger partial charge in [-0.15, -0.1) is 0 Å². The molecule has 0 amide bonds. The molecule has 1 unspecified atom stereocenters. The first-order valence-electron chi connectivity index (χ1n) is 7.18. The second-order valence-corrected chi connectivity index (χ2v) is 5.08. The largest absolute Gasteiger partial charge is 0.378 e. The van der Waals surface area contributed by atoms with Crippen molar-refractivity contribution in [2.75, 3.05) is 45.9 Å². The third-order valence-electron chi connectivity index (χ3n) is 3.95. The third-order valence-corrected chi connectivity index (χ3v) is 3.95. The molecule has 0 aliphatic carbocycles. The quantitative estimate of drug-likeness (QED) is 0.589. The van der Waals surface area contributed by atoms with Crippen molar-refractivity contribution in [3.8, 4) is 0 Å². The summed E-state index contributed by atoms with van der Waals surface area (Å²) in [6.07, 6.45) is 3.91. The topological polar surface area (TPSA) is 54.1 Å². The first-order valence-corrected chi connectivity index (χ1v) is 7.18. The van der Waals surface area contributed by atoms with Crippen LogP contribution in [0.2, 0.25) is 0 Å². The van der Waals surface area contributed by atoms with Crippen molar-refractivity contribution in [3.63, 3.8) is 0 Å². The number of hydrogen-bond donors (Lipinski definition) is 1. The molecule has 0 spiro atoms. The SMILES string of the molecule is CCN1CCCCC1CN=C(N)N1CCOCC1. The monoisotopic (exact) mass is 254 g/mol. The molecule has 5 heteroatoms. The van der Waals surface area contributed by atoms with Crippen molar-refractivity contribution in [2.45, 2.75) is 32.2 Å². The van der Waals surface area contributed by atoms with Crippen molar-refractivity contribution >= 4 is 5.96 Å². The van der Waals surface area contributed by atoms with Gasteiger partial charge in [-0.2, -0.15) is 0 Å². The number of rotatable bonds is 3. The number of likely N-dealkylation sites (tertiary alicyclic amines) is 1.